The molecule has 0 atom stereocenters. The Morgan fingerprint density at radius 1 is 1.15 bits per heavy atom. The zero-order valence-corrected chi connectivity index (χ0v) is 16.0. The minimum absolute atomic E-state index is 0.156. The van der Waals surface area contributed by atoms with Gasteiger partial charge in [0.1, 0.15) is 5.75 Å². The van der Waals surface area contributed by atoms with E-state index in [1.165, 1.54) is 0 Å². The lowest BCUT2D eigenvalue weighted by Gasteiger charge is -2.25. The molecule has 0 aliphatic heterocycles. The molecule has 1 N–H and O–H groups in total. The van der Waals surface area contributed by atoms with Crippen LogP contribution in [-0.4, -0.2) is 37.7 Å². The Bertz CT molecular complexity index is 716. The standard InChI is InChI=1S/C21H28N2O3/c1-16(2)15-23(12-13-25-4)21(24)22-19-10-5-6-11-20(19)26-18-9-7-8-17(3)14-18/h5-11,14,16H,12-13,15H2,1-4H3,(H,22,24). The van der Waals surface area contributed by atoms with Crippen molar-refractivity contribution in [3.8, 4) is 11.5 Å². The molecule has 0 unspecified atom stereocenters. The lowest BCUT2D eigenvalue weighted by atomic mass is 10.2. The average Bonchev–Trinajstić information content (AvgIpc) is 2.60. The monoisotopic (exact) mass is 356 g/mol. The third-order valence-corrected chi connectivity index (χ3v) is 3.78. The average molecular weight is 356 g/mol. The molecular formula is C21H28N2O3. The summed E-state index contributed by atoms with van der Waals surface area (Å²) in [6, 6.07) is 15.1. The van der Waals surface area contributed by atoms with Crippen LogP contribution in [0.5, 0.6) is 11.5 Å². The van der Waals surface area contributed by atoms with Crippen LogP contribution in [0.25, 0.3) is 0 Å². The Morgan fingerprint density at radius 2 is 1.92 bits per heavy atom. The number of benzene rings is 2. The maximum absolute atomic E-state index is 12.7. The van der Waals surface area contributed by atoms with Crippen LogP contribution < -0.4 is 10.1 Å². The number of amides is 2. The molecule has 26 heavy (non-hydrogen) atoms. The third kappa shape index (κ3) is 6.08. The van der Waals surface area contributed by atoms with Crippen LogP contribution in [0.3, 0.4) is 0 Å². The van der Waals surface area contributed by atoms with Gasteiger partial charge in [-0.25, -0.2) is 4.79 Å². The zero-order chi connectivity index (χ0) is 18.9. The molecule has 5 heteroatoms. The summed E-state index contributed by atoms with van der Waals surface area (Å²) in [4.78, 5) is 14.5. The van der Waals surface area contributed by atoms with Crippen molar-refractivity contribution in [2.45, 2.75) is 20.8 Å². The minimum atomic E-state index is -0.156. The summed E-state index contributed by atoms with van der Waals surface area (Å²) < 4.78 is 11.1. The second-order valence-electron chi connectivity index (χ2n) is 6.68. The molecular weight excluding hydrogens is 328 g/mol. The fourth-order valence-electron chi connectivity index (χ4n) is 2.58. The molecule has 0 saturated carbocycles. The van der Waals surface area contributed by atoms with E-state index < -0.39 is 0 Å². The van der Waals surface area contributed by atoms with Crippen LogP contribution in [0.15, 0.2) is 48.5 Å². The van der Waals surface area contributed by atoms with E-state index in [4.69, 9.17) is 9.47 Å². The topological polar surface area (TPSA) is 50.8 Å². The van der Waals surface area contributed by atoms with Crippen LogP contribution in [0.1, 0.15) is 19.4 Å². The number of carbonyl (C=O) groups is 1. The number of ether oxygens (including phenoxy) is 2. The van der Waals surface area contributed by atoms with E-state index >= 15 is 0 Å². The Labute approximate surface area is 155 Å². The summed E-state index contributed by atoms with van der Waals surface area (Å²) in [6.07, 6.45) is 0. The third-order valence-electron chi connectivity index (χ3n) is 3.78. The van der Waals surface area contributed by atoms with Gasteiger partial charge in [-0.05, 0) is 42.7 Å². The number of anilines is 1. The number of methoxy groups -OCH3 is 1. The summed E-state index contributed by atoms with van der Waals surface area (Å²) in [6.45, 7) is 7.89. The van der Waals surface area contributed by atoms with Gasteiger partial charge in [0.05, 0.1) is 12.3 Å². The van der Waals surface area contributed by atoms with E-state index in [1.807, 2.05) is 55.5 Å². The molecule has 0 saturated heterocycles. The van der Waals surface area contributed by atoms with Crippen molar-refractivity contribution in [2.24, 2.45) is 5.92 Å². The molecule has 2 aromatic carbocycles. The van der Waals surface area contributed by atoms with Crippen molar-refractivity contribution in [1.29, 1.82) is 0 Å². The largest absolute Gasteiger partial charge is 0.455 e. The van der Waals surface area contributed by atoms with Gasteiger partial charge in [0.25, 0.3) is 0 Å². The number of rotatable bonds is 8. The van der Waals surface area contributed by atoms with Crippen molar-refractivity contribution in [2.75, 3.05) is 32.1 Å². The lowest BCUT2D eigenvalue weighted by molar-refractivity contribution is 0.150. The fourth-order valence-corrected chi connectivity index (χ4v) is 2.58. The summed E-state index contributed by atoms with van der Waals surface area (Å²) >= 11 is 0. The Morgan fingerprint density at radius 3 is 2.62 bits per heavy atom. The van der Waals surface area contributed by atoms with Gasteiger partial charge in [-0.2, -0.15) is 0 Å². The number of hydrogen-bond donors (Lipinski definition) is 1. The molecule has 0 fully saturated rings. The van der Waals surface area contributed by atoms with Gasteiger partial charge in [0.15, 0.2) is 5.75 Å². The number of nitrogens with zero attached hydrogens (tertiary/aromatic N) is 1. The summed E-state index contributed by atoms with van der Waals surface area (Å²) in [5.41, 5.74) is 1.76. The highest BCUT2D eigenvalue weighted by Gasteiger charge is 2.16. The summed E-state index contributed by atoms with van der Waals surface area (Å²) in [5, 5.41) is 2.97. The van der Waals surface area contributed by atoms with Crippen LogP contribution in [-0.2, 0) is 4.74 Å². The lowest BCUT2D eigenvalue weighted by Crippen LogP contribution is -2.39. The molecule has 2 aromatic rings. The van der Waals surface area contributed by atoms with Crippen molar-refractivity contribution in [1.82, 2.24) is 4.90 Å². The Hall–Kier alpha value is -2.53. The van der Waals surface area contributed by atoms with Gasteiger partial charge >= 0.3 is 6.03 Å². The van der Waals surface area contributed by atoms with Crippen LogP contribution in [0.2, 0.25) is 0 Å². The first-order chi connectivity index (χ1) is 12.5. The molecule has 0 aliphatic rings. The van der Waals surface area contributed by atoms with Crippen molar-refractivity contribution in [3.05, 3.63) is 54.1 Å². The minimum Gasteiger partial charge on any atom is -0.455 e. The van der Waals surface area contributed by atoms with Crippen LogP contribution in [0.4, 0.5) is 10.5 Å². The molecule has 140 valence electrons. The number of nitrogens with one attached hydrogen (secondary N) is 1. The van der Waals surface area contributed by atoms with Crippen molar-refractivity contribution >= 4 is 11.7 Å². The number of para-hydroxylation sites is 2. The highest BCUT2D eigenvalue weighted by Crippen LogP contribution is 2.29. The van der Waals surface area contributed by atoms with Gasteiger partial charge < -0.3 is 19.7 Å². The van der Waals surface area contributed by atoms with Crippen LogP contribution >= 0.6 is 0 Å². The molecule has 5 nitrogen and oxygen atoms in total. The quantitative estimate of drug-likeness (QED) is 0.730. The predicted octanol–water partition coefficient (Wildman–Crippen LogP) is 4.92. The molecule has 0 heterocycles. The molecule has 0 spiro atoms. The first kappa shape index (κ1) is 19.8. The second kappa shape index (κ2) is 9.82. The van der Waals surface area contributed by atoms with Gasteiger partial charge in [-0.15, -0.1) is 0 Å². The SMILES string of the molecule is COCCN(CC(C)C)C(=O)Nc1ccccc1Oc1cccc(C)c1. The Kier molecular flexibility index (Phi) is 7.48. The number of carbonyl (C=O) groups excluding carboxylic acids is 1. The van der Waals surface area contributed by atoms with Gasteiger partial charge in [0, 0.05) is 20.2 Å². The van der Waals surface area contributed by atoms with Crippen molar-refractivity contribution in [3.63, 3.8) is 0 Å². The fraction of sp³-hybridized carbons (Fsp3) is 0.381. The molecule has 0 aromatic heterocycles. The van der Waals surface area contributed by atoms with Gasteiger partial charge in [-0.1, -0.05) is 38.1 Å². The maximum Gasteiger partial charge on any atom is 0.322 e. The molecule has 0 radical (unpaired) electrons. The molecule has 0 aliphatic carbocycles. The van der Waals surface area contributed by atoms with E-state index in [2.05, 4.69) is 19.2 Å². The van der Waals surface area contributed by atoms with E-state index in [0.717, 1.165) is 11.3 Å². The molecule has 2 amide bonds. The number of aryl methyl sites for hydroxylation is 1. The van der Waals surface area contributed by atoms with Crippen molar-refractivity contribution < 1.29 is 14.3 Å². The highest BCUT2D eigenvalue weighted by molar-refractivity contribution is 5.91. The maximum atomic E-state index is 12.7. The summed E-state index contributed by atoms with van der Waals surface area (Å²) in [7, 11) is 1.64. The first-order valence-electron chi connectivity index (χ1n) is 8.88. The van der Waals surface area contributed by atoms with E-state index in [0.29, 0.717) is 37.1 Å². The highest BCUT2D eigenvalue weighted by atomic mass is 16.5. The van der Waals surface area contributed by atoms with E-state index in [-0.39, 0.29) is 6.03 Å². The molecule has 2 rings (SSSR count). The Balaban J connectivity index is 2.13. The van der Waals surface area contributed by atoms with Gasteiger partial charge in [-0.3, -0.25) is 0 Å². The smallest absolute Gasteiger partial charge is 0.322 e. The number of hydrogen-bond acceptors (Lipinski definition) is 3. The normalized spacial score (nSPS) is 10.7. The predicted molar refractivity (Wildman–Crippen MR) is 105 cm³/mol. The zero-order valence-electron chi connectivity index (χ0n) is 16.0. The number of urea groups is 1. The van der Waals surface area contributed by atoms with Crippen LogP contribution in [0, 0.1) is 12.8 Å². The van der Waals surface area contributed by atoms with E-state index in [1.54, 1.807) is 12.0 Å². The first-order valence-corrected chi connectivity index (χ1v) is 8.88. The second-order valence-corrected chi connectivity index (χ2v) is 6.68. The van der Waals surface area contributed by atoms with Gasteiger partial charge in [0.2, 0.25) is 0 Å². The molecule has 0 bridgehead atoms. The summed E-state index contributed by atoms with van der Waals surface area (Å²) in [5.74, 6) is 1.73. The van der Waals surface area contributed by atoms with E-state index in [9.17, 15) is 4.79 Å².